The van der Waals surface area contributed by atoms with E-state index < -0.39 is 0 Å². The maximum atomic E-state index is 5.81. The van der Waals surface area contributed by atoms with E-state index in [1.54, 1.807) is 0 Å². The number of likely N-dealkylation sites (tertiary alicyclic amines) is 1. The summed E-state index contributed by atoms with van der Waals surface area (Å²) in [5, 5.41) is 0. The van der Waals surface area contributed by atoms with E-state index in [4.69, 9.17) is 10.7 Å². The van der Waals surface area contributed by atoms with Crippen molar-refractivity contribution < 1.29 is 0 Å². The molecule has 1 aliphatic heterocycles. The number of imidazole rings is 1. The van der Waals surface area contributed by atoms with Gasteiger partial charge < -0.3 is 15.0 Å². The molecule has 2 N–H and O–H groups in total. The Labute approximate surface area is 120 Å². The third kappa shape index (κ3) is 2.80. The number of hydrogen-bond acceptors (Lipinski definition) is 3. The van der Waals surface area contributed by atoms with Crippen LogP contribution in [0.1, 0.15) is 32.4 Å². The number of nitrogens with zero attached hydrogens (tertiary/aromatic N) is 3. The summed E-state index contributed by atoms with van der Waals surface area (Å²) in [6.45, 7) is 7.02. The third-order valence-electron chi connectivity index (χ3n) is 4.30. The third-order valence-corrected chi connectivity index (χ3v) is 4.30. The van der Waals surface area contributed by atoms with Crippen LogP contribution in [0.25, 0.3) is 5.65 Å². The molecule has 20 heavy (non-hydrogen) atoms. The second kappa shape index (κ2) is 5.44. The number of pyridine rings is 1. The first kappa shape index (κ1) is 13.4. The van der Waals surface area contributed by atoms with Crippen molar-refractivity contribution in [2.24, 2.45) is 5.92 Å². The van der Waals surface area contributed by atoms with Crippen molar-refractivity contribution in [1.29, 1.82) is 0 Å². The lowest BCUT2D eigenvalue weighted by Crippen LogP contribution is -2.40. The highest BCUT2D eigenvalue weighted by Crippen LogP contribution is 2.22. The van der Waals surface area contributed by atoms with E-state index in [1.807, 2.05) is 22.7 Å². The molecule has 108 valence electrons. The van der Waals surface area contributed by atoms with Crippen molar-refractivity contribution in [3.63, 3.8) is 0 Å². The molecule has 1 aliphatic rings. The Morgan fingerprint density at radius 1 is 1.35 bits per heavy atom. The molecule has 2 aromatic rings. The summed E-state index contributed by atoms with van der Waals surface area (Å²) in [4.78, 5) is 7.29. The maximum absolute atomic E-state index is 5.81. The van der Waals surface area contributed by atoms with E-state index >= 15 is 0 Å². The molecule has 1 atom stereocenters. The van der Waals surface area contributed by atoms with Crippen molar-refractivity contribution >= 4 is 11.3 Å². The zero-order valence-electron chi connectivity index (χ0n) is 12.4. The summed E-state index contributed by atoms with van der Waals surface area (Å²) in [6, 6.07) is 4.55. The van der Waals surface area contributed by atoms with Gasteiger partial charge in [0.1, 0.15) is 5.65 Å². The van der Waals surface area contributed by atoms with Crippen LogP contribution in [-0.2, 0) is 6.42 Å². The van der Waals surface area contributed by atoms with E-state index in [0.29, 0.717) is 6.04 Å². The van der Waals surface area contributed by atoms with E-state index in [-0.39, 0.29) is 0 Å². The molecule has 1 fully saturated rings. The van der Waals surface area contributed by atoms with Gasteiger partial charge in [0.2, 0.25) is 0 Å². The fourth-order valence-electron chi connectivity index (χ4n) is 3.19. The molecule has 0 aliphatic carbocycles. The summed E-state index contributed by atoms with van der Waals surface area (Å²) in [5.41, 5.74) is 8.77. The largest absolute Gasteiger partial charge is 0.398 e. The topological polar surface area (TPSA) is 46.6 Å². The SMILES string of the molecule is CC(C)N1CCCC(Cc2cn3cc(N)ccc3n2)C1. The Hall–Kier alpha value is -1.55. The predicted molar refractivity (Wildman–Crippen MR) is 82.7 cm³/mol. The fourth-order valence-corrected chi connectivity index (χ4v) is 3.19. The van der Waals surface area contributed by atoms with Crippen LogP contribution in [-0.4, -0.2) is 33.4 Å². The maximum Gasteiger partial charge on any atom is 0.137 e. The Morgan fingerprint density at radius 3 is 3.00 bits per heavy atom. The van der Waals surface area contributed by atoms with Gasteiger partial charge in [-0.2, -0.15) is 0 Å². The predicted octanol–water partition coefficient (Wildman–Crippen LogP) is 2.58. The molecule has 0 saturated carbocycles. The standard InChI is InChI=1S/C16H24N4/c1-12(2)19-7-3-4-13(9-19)8-15-11-20-10-14(17)5-6-16(20)18-15/h5-6,10-13H,3-4,7-9,17H2,1-2H3. The minimum Gasteiger partial charge on any atom is -0.398 e. The molecule has 4 heteroatoms. The molecule has 0 spiro atoms. The number of aromatic nitrogens is 2. The molecule has 0 bridgehead atoms. The number of nitrogens with two attached hydrogens (primary N) is 1. The summed E-state index contributed by atoms with van der Waals surface area (Å²) < 4.78 is 2.04. The quantitative estimate of drug-likeness (QED) is 0.934. The van der Waals surface area contributed by atoms with Crippen LogP contribution in [0.4, 0.5) is 5.69 Å². The second-order valence-electron chi connectivity index (χ2n) is 6.26. The highest BCUT2D eigenvalue weighted by Gasteiger charge is 2.22. The lowest BCUT2D eigenvalue weighted by atomic mass is 9.93. The first-order chi connectivity index (χ1) is 9.61. The van der Waals surface area contributed by atoms with Crippen molar-refractivity contribution in [1.82, 2.24) is 14.3 Å². The monoisotopic (exact) mass is 272 g/mol. The van der Waals surface area contributed by atoms with E-state index in [0.717, 1.165) is 23.7 Å². The first-order valence-electron chi connectivity index (χ1n) is 7.59. The van der Waals surface area contributed by atoms with Gasteiger partial charge in [0, 0.05) is 30.7 Å². The van der Waals surface area contributed by atoms with Crippen LogP contribution in [0.5, 0.6) is 0 Å². The Morgan fingerprint density at radius 2 is 2.20 bits per heavy atom. The normalized spacial score (nSPS) is 20.9. The summed E-state index contributed by atoms with van der Waals surface area (Å²) in [5.74, 6) is 0.730. The van der Waals surface area contributed by atoms with Gasteiger partial charge >= 0.3 is 0 Å². The molecule has 0 aromatic carbocycles. The number of fused-ring (bicyclic) bond motifs is 1. The fraction of sp³-hybridized carbons (Fsp3) is 0.562. The van der Waals surface area contributed by atoms with Crippen molar-refractivity contribution in [2.45, 2.75) is 39.2 Å². The highest BCUT2D eigenvalue weighted by atomic mass is 15.2. The smallest absolute Gasteiger partial charge is 0.137 e. The number of rotatable bonds is 3. The van der Waals surface area contributed by atoms with Crippen molar-refractivity contribution in [3.8, 4) is 0 Å². The molecular formula is C16H24N4. The Kier molecular flexibility index (Phi) is 3.66. The Bertz CT molecular complexity index is 587. The van der Waals surface area contributed by atoms with Crippen LogP contribution in [0.15, 0.2) is 24.5 Å². The lowest BCUT2D eigenvalue weighted by molar-refractivity contribution is 0.139. The first-order valence-corrected chi connectivity index (χ1v) is 7.59. The molecule has 3 heterocycles. The van der Waals surface area contributed by atoms with Crippen molar-refractivity contribution in [2.75, 3.05) is 18.8 Å². The zero-order chi connectivity index (χ0) is 14.1. The van der Waals surface area contributed by atoms with E-state index in [1.165, 1.54) is 31.6 Å². The average molecular weight is 272 g/mol. The van der Waals surface area contributed by atoms with E-state index in [2.05, 4.69) is 24.9 Å². The number of piperidine rings is 1. The number of nitrogen functional groups attached to an aromatic ring is 1. The van der Waals surface area contributed by atoms with Gasteiger partial charge in [0.25, 0.3) is 0 Å². The number of hydrogen-bond donors (Lipinski definition) is 1. The summed E-state index contributed by atoms with van der Waals surface area (Å²) >= 11 is 0. The Balaban J connectivity index is 1.72. The molecule has 0 amide bonds. The van der Waals surface area contributed by atoms with Crippen LogP contribution < -0.4 is 5.73 Å². The molecule has 1 saturated heterocycles. The van der Waals surface area contributed by atoms with Gasteiger partial charge in [0.05, 0.1) is 5.69 Å². The summed E-state index contributed by atoms with van der Waals surface area (Å²) in [7, 11) is 0. The van der Waals surface area contributed by atoms with Gasteiger partial charge in [-0.15, -0.1) is 0 Å². The molecule has 2 aromatic heterocycles. The van der Waals surface area contributed by atoms with Gasteiger partial charge in [-0.05, 0) is 57.7 Å². The van der Waals surface area contributed by atoms with Gasteiger partial charge in [0.15, 0.2) is 0 Å². The molecule has 1 unspecified atom stereocenters. The van der Waals surface area contributed by atoms with Gasteiger partial charge in [-0.1, -0.05) is 0 Å². The molecule has 4 nitrogen and oxygen atoms in total. The summed E-state index contributed by atoms with van der Waals surface area (Å²) in [6.07, 6.45) is 7.76. The average Bonchev–Trinajstić information content (AvgIpc) is 2.80. The zero-order valence-corrected chi connectivity index (χ0v) is 12.4. The highest BCUT2D eigenvalue weighted by molar-refractivity contribution is 5.48. The molecule has 0 radical (unpaired) electrons. The lowest BCUT2D eigenvalue weighted by Gasteiger charge is -2.35. The van der Waals surface area contributed by atoms with Crippen LogP contribution in [0.2, 0.25) is 0 Å². The minimum absolute atomic E-state index is 0.652. The van der Waals surface area contributed by atoms with Crippen molar-refractivity contribution in [3.05, 3.63) is 30.2 Å². The molecule has 3 rings (SSSR count). The van der Waals surface area contributed by atoms with Crippen LogP contribution in [0, 0.1) is 5.92 Å². The van der Waals surface area contributed by atoms with Crippen LogP contribution >= 0.6 is 0 Å². The van der Waals surface area contributed by atoms with Gasteiger partial charge in [-0.3, -0.25) is 0 Å². The minimum atomic E-state index is 0.652. The second-order valence-corrected chi connectivity index (χ2v) is 6.26. The van der Waals surface area contributed by atoms with Crippen LogP contribution in [0.3, 0.4) is 0 Å². The van der Waals surface area contributed by atoms with Gasteiger partial charge in [-0.25, -0.2) is 4.98 Å². The number of anilines is 1. The van der Waals surface area contributed by atoms with E-state index in [9.17, 15) is 0 Å². The molecular weight excluding hydrogens is 248 g/mol.